The highest BCUT2D eigenvalue weighted by Gasteiger charge is 2.36. The molecule has 144 valence electrons. The van der Waals surface area contributed by atoms with Crippen molar-refractivity contribution in [1.29, 1.82) is 0 Å². The van der Waals surface area contributed by atoms with E-state index in [4.69, 9.17) is 0 Å². The number of anilines is 3. The molecule has 4 aromatic carbocycles. The van der Waals surface area contributed by atoms with E-state index in [2.05, 4.69) is 108 Å². The van der Waals surface area contributed by atoms with Crippen molar-refractivity contribution >= 4 is 38.7 Å². The van der Waals surface area contributed by atoms with Gasteiger partial charge in [-0.3, -0.25) is 0 Å². The lowest BCUT2D eigenvalue weighted by molar-refractivity contribution is 0.632. The molecule has 0 saturated heterocycles. The van der Waals surface area contributed by atoms with Gasteiger partial charge in [0.25, 0.3) is 0 Å². The predicted octanol–water partition coefficient (Wildman–Crippen LogP) is 6.89. The van der Waals surface area contributed by atoms with Crippen LogP contribution in [0.5, 0.6) is 0 Å². The Morgan fingerprint density at radius 1 is 0.667 bits per heavy atom. The van der Waals surface area contributed by atoms with E-state index in [1.165, 1.54) is 33.3 Å². The van der Waals surface area contributed by atoms with Crippen molar-refractivity contribution in [3.63, 3.8) is 0 Å². The molecule has 3 nitrogen and oxygen atoms in total. The number of hydrogen-bond acceptors (Lipinski definition) is 3. The van der Waals surface area contributed by atoms with Crippen LogP contribution < -0.4 is 4.90 Å². The Balaban J connectivity index is 1.76. The Labute approximate surface area is 175 Å². The van der Waals surface area contributed by atoms with Crippen molar-refractivity contribution in [2.75, 3.05) is 4.90 Å². The van der Waals surface area contributed by atoms with Gasteiger partial charge in [-0.1, -0.05) is 74.5 Å². The number of benzene rings is 4. The molecule has 6 rings (SSSR count). The maximum Gasteiger partial charge on any atom is 0.116 e. The number of para-hydroxylation sites is 2. The van der Waals surface area contributed by atoms with Crippen LogP contribution in [-0.2, 0) is 5.41 Å². The maximum absolute atomic E-state index is 4.59. The van der Waals surface area contributed by atoms with Crippen LogP contribution in [0.25, 0.3) is 21.7 Å². The lowest BCUT2D eigenvalue weighted by atomic mass is 9.73. The summed E-state index contributed by atoms with van der Waals surface area (Å²) in [6, 6.07) is 28.2. The number of aromatic nitrogens is 2. The van der Waals surface area contributed by atoms with Gasteiger partial charge in [0.05, 0.1) is 22.6 Å². The molecule has 2 heterocycles. The largest absolute Gasteiger partial charge is 0.309 e. The molecular formula is C27H21N3. The highest BCUT2D eigenvalue weighted by Crippen LogP contribution is 2.53. The molecule has 0 amide bonds. The Morgan fingerprint density at radius 3 is 1.97 bits per heavy atom. The summed E-state index contributed by atoms with van der Waals surface area (Å²) < 4.78 is 0. The van der Waals surface area contributed by atoms with Crippen LogP contribution in [0.1, 0.15) is 25.0 Å². The van der Waals surface area contributed by atoms with Crippen molar-refractivity contribution in [2.45, 2.75) is 19.3 Å². The second-order valence-electron chi connectivity index (χ2n) is 8.39. The first-order valence-corrected chi connectivity index (χ1v) is 10.3. The van der Waals surface area contributed by atoms with E-state index in [-0.39, 0.29) is 5.41 Å². The van der Waals surface area contributed by atoms with Crippen molar-refractivity contribution in [3.8, 4) is 0 Å². The summed E-state index contributed by atoms with van der Waals surface area (Å²) in [4.78, 5) is 11.3. The number of rotatable bonds is 1. The van der Waals surface area contributed by atoms with Crippen LogP contribution in [0.2, 0.25) is 0 Å². The minimum atomic E-state index is -0.0709. The Morgan fingerprint density at radius 2 is 1.27 bits per heavy atom. The standard InChI is InChI=1S/C27H21N3/c1-27(2)21-11-5-7-13-24(21)30(25-14-8-6-12-22(25)27)26-15-23-20(16-28-17-29-23)18-9-3-4-10-19(18)26/h3-17H,1-2H3. The lowest BCUT2D eigenvalue weighted by Gasteiger charge is -2.42. The normalized spacial score (nSPS) is 14.5. The van der Waals surface area contributed by atoms with Gasteiger partial charge in [-0.15, -0.1) is 0 Å². The third kappa shape index (κ3) is 2.26. The smallest absolute Gasteiger partial charge is 0.116 e. The van der Waals surface area contributed by atoms with Gasteiger partial charge < -0.3 is 4.90 Å². The number of fused-ring (bicyclic) bond motifs is 5. The highest BCUT2D eigenvalue weighted by atomic mass is 15.2. The zero-order chi connectivity index (χ0) is 20.3. The second-order valence-corrected chi connectivity index (χ2v) is 8.39. The minimum absolute atomic E-state index is 0.0709. The summed E-state index contributed by atoms with van der Waals surface area (Å²) in [6.45, 7) is 4.63. The van der Waals surface area contributed by atoms with E-state index in [0.717, 1.165) is 16.6 Å². The van der Waals surface area contributed by atoms with Crippen molar-refractivity contribution < 1.29 is 0 Å². The number of hydrogen-bond donors (Lipinski definition) is 0. The highest BCUT2D eigenvalue weighted by molar-refractivity contribution is 6.13. The topological polar surface area (TPSA) is 29.0 Å². The van der Waals surface area contributed by atoms with Crippen molar-refractivity contribution in [3.05, 3.63) is 103 Å². The summed E-state index contributed by atoms with van der Waals surface area (Å²) in [5, 5.41) is 3.45. The molecule has 0 fully saturated rings. The molecule has 1 aliphatic heterocycles. The summed E-state index contributed by atoms with van der Waals surface area (Å²) in [6.07, 6.45) is 3.54. The van der Waals surface area contributed by atoms with E-state index in [0.29, 0.717) is 0 Å². The summed E-state index contributed by atoms with van der Waals surface area (Å²) in [7, 11) is 0. The van der Waals surface area contributed by atoms with Crippen LogP contribution in [0.4, 0.5) is 17.1 Å². The monoisotopic (exact) mass is 387 g/mol. The van der Waals surface area contributed by atoms with Gasteiger partial charge >= 0.3 is 0 Å². The molecular weight excluding hydrogens is 366 g/mol. The Kier molecular flexibility index (Phi) is 3.51. The van der Waals surface area contributed by atoms with Crippen LogP contribution >= 0.6 is 0 Å². The summed E-state index contributed by atoms with van der Waals surface area (Å²) in [5.41, 5.74) is 7.13. The van der Waals surface area contributed by atoms with E-state index in [1.807, 2.05) is 6.20 Å². The third-order valence-electron chi connectivity index (χ3n) is 6.39. The SMILES string of the molecule is CC1(C)c2ccccc2N(c2cc3ncncc3c3ccccc23)c2ccccc21. The predicted molar refractivity (Wildman–Crippen MR) is 124 cm³/mol. The van der Waals surface area contributed by atoms with Gasteiger partial charge in [-0.05, 0) is 34.7 Å². The van der Waals surface area contributed by atoms with Crippen LogP contribution in [-0.4, -0.2) is 9.97 Å². The fourth-order valence-corrected chi connectivity index (χ4v) is 4.92. The van der Waals surface area contributed by atoms with Gasteiger partial charge in [0, 0.05) is 22.4 Å². The molecule has 3 heteroatoms. The van der Waals surface area contributed by atoms with E-state index < -0.39 is 0 Å². The van der Waals surface area contributed by atoms with E-state index >= 15 is 0 Å². The van der Waals surface area contributed by atoms with Crippen LogP contribution in [0, 0.1) is 0 Å². The minimum Gasteiger partial charge on any atom is -0.309 e. The average Bonchev–Trinajstić information content (AvgIpc) is 2.79. The van der Waals surface area contributed by atoms with Gasteiger partial charge in [0.15, 0.2) is 0 Å². The van der Waals surface area contributed by atoms with Crippen LogP contribution in [0.15, 0.2) is 91.4 Å². The third-order valence-corrected chi connectivity index (χ3v) is 6.39. The van der Waals surface area contributed by atoms with E-state index in [9.17, 15) is 0 Å². The molecule has 30 heavy (non-hydrogen) atoms. The van der Waals surface area contributed by atoms with E-state index in [1.54, 1.807) is 6.33 Å². The molecule has 0 unspecified atom stereocenters. The molecule has 1 aliphatic rings. The summed E-state index contributed by atoms with van der Waals surface area (Å²) in [5.74, 6) is 0. The average molecular weight is 387 g/mol. The molecule has 0 aliphatic carbocycles. The first kappa shape index (κ1) is 17.2. The first-order chi connectivity index (χ1) is 14.7. The van der Waals surface area contributed by atoms with Crippen molar-refractivity contribution in [2.24, 2.45) is 0 Å². The quantitative estimate of drug-likeness (QED) is 0.293. The van der Waals surface area contributed by atoms with Gasteiger partial charge in [-0.25, -0.2) is 9.97 Å². The first-order valence-electron chi connectivity index (χ1n) is 10.3. The van der Waals surface area contributed by atoms with Gasteiger partial charge in [-0.2, -0.15) is 0 Å². The molecule has 0 spiro atoms. The van der Waals surface area contributed by atoms with Crippen LogP contribution in [0.3, 0.4) is 0 Å². The fraction of sp³-hybridized carbons (Fsp3) is 0.111. The molecule has 0 saturated carbocycles. The lowest BCUT2D eigenvalue weighted by Crippen LogP contribution is -2.30. The Hall–Kier alpha value is -3.72. The zero-order valence-electron chi connectivity index (χ0n) is 17.0. The molecule has 0 bridgehead atoms. The molecule has 0 N–H and O–H groups in total. The maximum atomic E-state index is 4.59. The molecule has 5 aromatic rings. The Bertz CT molecular complexity index is 1390. The fourth-order valence-electron chi connectivity index (χ4n) is 4.92. The second kappa shape index (κ2) is 6.14. The number of nitrogens with zero attached hydrogens (tertiary/aromatic N) is 3. The molecule has 0 radical (unpaired) electrons. The van der Waals surface area contributed by atoms with Gasteiger partial charge in [0.1, 0.15) is 6.33 Å². The zero-order valence-corrected chi connectivity index (χ0v) is 17.0. The van der Waals surface area contributed by atoms with Gasteiger partial charge in [0.2, 0.25) is 0 Å². The summed E-state index contributed by atoms with van der Waals surface area (Å²) >= 11 is 0. The molecule has 0 atom stereocenters. The molecule has 1 aromatic heterocycles. The van der Waals surface area contributed by atoms with Crippen molar-refractivity contribution in [1.82, 2.24) is 9.97 Å².